The van der Waals surface area contributed by atoms with Gasteiger partial charge in [-0.2, -0.15) is 0 Å². The number of rotatable bonds is 4. The molecule has 1 aliphatic heterocycles. The molecule has 0 fully saturated rings. The Labute approximate surface area is 189 Å². The van der Waals surface area contributed by atoms with Crippen LogP contribution in [0, 0.1) is 6.92 Å². The van der Waals surface area contributed by atoms with Crippen molar-refractivity contribution in [1.29, 1.82) is 0 Å². The average Bonchev–Trinajstić information content (AvgIpc) is 2.81. The van der Waals surface area contributed by atoms with E-state index in [1.165, 1.54) is 0 Å². The fraction of sp³-hybridized carbons (Fsp3) is 0.0800. The van der Waals surface area contributed by atoms with Gasteiger partial charge in [0.05, 0.1) is 22.5 Å². The third kappa shape index (κ3) is 3.78. The maximum atomic E-state index is 12.8. The number of nitrogens with one attached hydrogen (secondary N) is 1. The van der Waals surface area contributed by atoms with Crippen molar-refractivity contribution in [3.8, 4) is 0 Å². The number of amides is 1. The molecule has 1 amide bonds. The molecule has 5 rings (SSSR count). The van der Waals surface area contributed by atoms with Gasteiger partial charge >= 0.3 is 5.97 Å². The zero-order valence-corrected chi connectivity index (χ0v) is 18.1. The van der Waals surface area contributed by atoms with E-state index in [-0.39, 0.29) is 0 Å². The van der Waals surface area contributed by atoms with Gasteiger partial charge in [-0.3, -0.25) is 20.2 Å². The van der Waals surface area contributed by atoms with Gasteiger partial charge in [-0.15, -0.1) is 0 Å². The van der Waals surface area contributed by atoms with E-state index >= 15 is 0 Å². The van der Waals surface area contributed by atoms with Gasteiger partial charge in [0, 0.05) is 20.9 Å². The Kier molecular flexibility index (Phi) is 5.25. The minimum atomic E-state index is -0.558. The highest BCUT2D eigenvalue weighted by atomic mass is 32.2. The van der Waals surface area contributed by atoms with E-state index in [0.29, 0.717) is 22.2 Å². The summed E-state index contributed by atoms with van der Waals surface area (Å²) in [7, 11) is 0. The molecular formula is C25H19N3O3S. The topological polar surface area (TPSA) is 71.5 Å². The number of carbonyl (C=O) groups excluding carboxylic acids is 2. The molecule has 1 aliphatic rings. The van der Waals surface area contributed by atoms with Gasteiger partial charge < -0.3 is 4.74 Å². The molecule has 0 saturated heterocycles. The molecule has 0 radical (unpaired) electrons. The lowest BCUT2D eigenvalue weighted by molar-refractivity contribution is -0.124. The number of aryl methyl sites for hydroxylation is 1. The van der Waals surface area contributed by atoms with Crippen molar-refractivity contribution >= 4 is 45.9 Å². The van der Waals surface area contributed by atoms with Gasteiger partial charge in [0.2, 0.25) is 0 Å². The van der Waals surface area contributed by atoms with Crippen LogP contribution in [0.4, 0.5) is 11.4 Å². The van der Waals surface area contributed by atoms with Crippen LogP contribution in [0.5, 0.6) is 0 Å². The first-order chi connectivity index (χ1) is 15.6. The molecule has 0 atom stereocenters. The second-order valence-corrected chi connectivity index (χ2v) is 8.40. The zero-order valence-electron chi connectivity index (χ0n) is 17.2. The minimum Gasteiger partial charge on any atom is -0.452 e. The van der Waals surface area contributed by atoms with E-state index in [0.717, 1.165) is 21.2 Å². The average molecular weight is 442 g/mol. The summed E-state index contributed by atoms with van der Waals surface area (Å²) in [6, 6.07) is 24.7. The molecule has 4 aromatic rings. The molecule has 0 aliphatic carbocycles. The number of hydrogen-bond acceptors (Lipinski definition) is 6. The predicted molar refractivity (Wildman–Crippen MR) is 124 cm³/mol. The van der Waals surface area contributed by atoms with E-state index in [4.69, 9.17) is 4.74 Å². The molecular weight excluding hydrogens is 422 g/mol. The summed E-state index contributed by atoms with van der Waals surface area (Å²) < 4.78 is 5.36. The summed E-state index contributed by atoms with van der Waals surface area (Å²) in [4.78, 5) is 32.0. The number of aromatic nitrogens is 1. The van der Waals surface area contributed by atoms with Crippen LogP contribution in [0.15, 0.2) is 88.7 Å². The monoisotopic (exact) mass is 441 g/mol. The van der Waals surface area contributed by atoms with E-state index in [1.54, 1.807) is 22.8 Å². The molecule has 0 bridgehead atoms. The standard InChI is InChI=1S/C25H19N3O3S/c1-16-14-18(17-8-2-3-9-19(17)26-16)25(30)31-15-24(29)27-28-20-10-4-6-12-22(20)32-23-13-7-5-11-21(23)28/h2-14H,15H2,1H3,(H,27,29). The van der Waals surface area contributed by atoms with Crippen LogP contribution in [0.25, 0.3) is 10.9 Å². The van der Waals surface area contributed by atoms with E-state index in [1.807, 2.05) is 79.7 Å². The lowest BCUT2D eigenvalue weighted by Gasteiger charge is -2.32. The van der Waals surface area contributed by atoms with Crippen molar-refractivity contribution in [2.24, 2.45) is 0 Å². The molecule has 1 aromatic heterocycles. The number of hydrogen-bond donors (Lipinski definition) is 1. The Morgan fingerprint density at radius 1 is 0.938 bits per heavy atom. The quantitative estimate of drug-likeness (QED) is 0.448. The number of para-hydroxylation sites is 3. The Bertz CT molecular complexity index is 1310. The molecule has 158 valence electrons. The van der Waals surface area contributed by atoms with Gasteiger partial charge in [0.25, 0.3) is 5.91 Å². The number of carbonyl (C=O) groups is 2. The van der Waals surface area contributed by atoms with E-state index in [2.05, 4.69) is 10.4 Å². The summed E-state index contributed by atoms with van der Waals surface area (Å²) in [5.41, 5.74) is 6.43. The van der Waals surface area contributed by atoms with Crippen LogP contribution in [-0.4, -0.2) is 23.5 Å². The highest BCUT2D eigenvalue weighted by molar-refractivity contribution is 7.99. The molecule has 3 aromatic carbocycles. The lowest BCUT2D eigenvalue weighted by Crippen LogP contribution is -2.42. The van der Waals surface area contributed by atoms with Crippen LogP contribution >= 0.6 is 11.8 Å². The molecule has 2 heterocycles. The predicted octanol–water partition coefficient (Wildman–Crippen LogP) is 5.03. The maximum Gasteiger partial charge on any atom is 0.339 e. The van der Waals surface area contributed by atoms with Gasteiger partial charge in [-0.05, 0) is 43.3 Å². The molecule has 0 saturated carbocycles. The normalized spacial score (nSPS) is 12.1. The molecule has 0 spiro atoms. The second-order valence-electron chi connectivity index (χ2n) is 7.31. The molecule has 32 heavy (non-hydrogen) atoms. The fourth-order valence-electron chi connectivity index (χ4n) is 3.67. The summed E-state index contributed by atoms with van der Waals surface area (Å²) in [5, 5.41) is 2.43. The highest BCUT2D eigenvalue weighted by Crippen LogP contribution is 2.46. The third-order valence-corrected chi connectivity index (χ3v) is 6.20. The fourth-order valence-corrected chi connectivity index (χ4v) is 4.73. The first-order valence-corrected chi connectivity index (χ1v) is 10.9. The Morgan fingerprint density at radius 3 is 2.28 bits per heavy atom. The summed E-state index contributed by atoms with van der Waals surface area (Å²) in [5.74, 6) is -0.984. The Hall–Kier alpha value is -3.84. The number of benzene rings is 3. The summed E-state index contributed by atoms with van der Waals surface area (Å²) in [6.07, 6.45) is 0. The highest BCUT2D eigenvalue weighted by Gasteiger charge is 2.25. The van der Waals surface area contributed by atoms with Crippen molar-refractivity contribution in [3.63, 3.8) is 0 Å². The van der Waals surface area contributed by atoms with Gasteiger partial charge in [0.15, 0.2) is 6.61 Å². The van der Waals surface area contributed by atoms with Crippen molar-refractivity contribution in [1.82, 2.24) is 10.4 Å². The van der Waals surface area contributed by atoms with Crippen molar-refractivity contribution in [2.75, 3.05) is 11.6 Å². The van der Waals surface area contributed by atoms with E-state index < -0.39 is 18.5 Å². The number of pyridine rings is 1. The number of nitrogens with zero attached hydrogens (tertiary/aromatic N) is 2. The smallest absolute Gasteiger partial charge is 0.339 e. The lowest BCUT2D eigenvalue weighted by atomic mass is 10.1. The summed E-state index contributed by atoms with van der Waals surface area (Å²) >= 11 is 1.65. The number of fused-ring (bicyclic) bond motifs is 3. The largest absolute Gasteiger partial charge is 0.452 e. The van der Waals surface area contributed by atoms with Crippen LogP contribution in [0.1, 0.15) is 16.1 Å². The first-order valence-electron chi connectivity index (χ1n) is 10.1. The first kappa shape index (κ1) is 20.1. The molecule has 6 nitrogen and oxygen atoms in total. The van der Waals surface area contributed by atoms with Crippen molar-refractivity contribution in [2.45, 2.75) is 16.7 Å². The maximum absolute atomic E-state index is 12.8. The number of esters is 1. The Balaban J connectivity index is 1.34. The van der Waals surface area contributed by atoms with Gasteiger partial charge in [0.1, 0.15) is 0 Å². The molecule has 0 unspecified atom stereocenters. The van der Waals surface area contributed by atoms with Gasteiger partial charge in [-0.1, -0.05) is 54.2 Å². The van der Waals surface area contributed by atoms with Crippen molar-refractivity contribution < 1.29 is 14.3 Å². The number of ether oxygens (including phenoxy) is 1. The summed E-state index contributed by atoms with van der Waals surface area (Å²) in [6.45, 7) is 1.42. The van der Waals surface area contributed by atoms with Crippen LogP contribution < -0.4 is 10.4 Å². The SMILES string of the molecule is Cc1cc(C(=O)OCC(=O)NN2c3ccccc3Sc3ccccc32)c2ccccc2n1. The number of anilines is 2. The zero-order chi connectivity index (χ0) is 22.1. The third-order valence-electron chi connectivity index (χ3n) is 5.07. The van der Waals surface area contributed by atoms with Gasteiger partial charge in [-0.25, -0.2) is 4.79 Å². The van der Waals surface area contributed by atoms with Crippen LogP contribution in [0.3, 0.4) is 0 Å². The molecule has 1 N–H and O–H groups in total. The molecule has 7 heteroatoms. The number of hydrazine groups is 1. The second kappa shape index (κ2) is 8.36. The Morgan fingerprint density at radius 2 is 1.56 bits per heavy atom. The van der Waals surface area contributed by atoms with Crippen LogP contribution in [-0.2, 0) is 9.53 Å². The van der Waals surface area contributed by atoms with E-state index in [9.17, 15) is 9.59 Å². The van der Waals surface area contributed by atoms with Crippen molar-refractivity contribution in [3.05, 3.63) is 90.1 Å². The van der Waals surface area contributed by atoms with Crippen LogP contribution in [0.2, 0.25) is 0 Å². The minimum absolute atomic E-state index is 0.394.